The Hall–Kier alpha value is -2.33. The van der Waals surface area contributed by atoms with Crippen molar-refractivity contribution in [3.05, 3.63) is 70.2 Å². The zero-order valence-electron chi connectivity index (χ0n) is 19.3. The number of carbonyl (C=O) groups excluding carboxylic acids is 2. The Bertz CT molecular complexity index is 891. The Morgan fingerprint density at radius 1 is 1.06 bits per heavy atom. The molecule has 0 aliphatic heterocycles. The minimum absolute atomic E-state index is 0.0175. The molecule has 2 amide bonds. The van der Waals surface area contributed by atoms with E-state index in [1.807, 2.05) is 62.4 Å². The summed E-state index contributed by atoms with van der Waals surface area (Å²) in [7, 11) is 0. The lowest BCUT2D eigenvalue weighted by Gasteiger charge is -2.33. The van der Waals surface area contributed by atoms with E-state index < -0.39 is 6.04 Å². The van der Waals surface area contributed by atoms with E-state index in [4.69, 9.17) is 11.6 Å². The smallest absolute Gasteiger partial charge is 0.243 e. The molecule has 0 bridgehead atoms. The third-order valence-electron chi connectivity index (χ3n) is 6.38. The summed E-state index contributed by atoms with van der Waals surface area (Å²) in [6.07, 6.45) is 7.08. The fourth-order valence-electron chi connectivity index (χ4n) is 4.44. The molecule has 0 aromatic heterocycles. The third kappa shape index (κ3) is 6.83. The van der Waals surface area contributed by atoms with Crippen LogP contribution in [-0.2, 0) is 22.6 Å². The highest BCUT2D eigenvalue weighted by atomic mass is 35.5. The summed E-state index contributed by atoms with van der Waals surface area (Å²) in [6.45, 7) is 4.45. The largest absolute Gasteiger partial charge is 0.352 e. The summed E-state index contributed by atoms with van der Waals surface area (Å²) in [6, 6.07) is 15.5. The van der Waals surface area contributed by atoms with E-state index in [-0.39, 0.29) is 17.9 Å². The first-order valence-electron chi connectivity index (χ1n) is 11.9. The van der Waals surface area contributed by atoms with Gasteiger partial charge < -0.3 is 10.2 Å². The molecule has 172 valence electrons. The molecule has 4 nitrogen and oxygen atoms in total. The molecule has 0 radical (unpaired) electrons. The van der Waals surface area contributed by atoms with Crippen LogP contribution in [0.2, 0.25) is 5.02 Å². The van der Waals surface area contributed by atoms with Gasteiger partial charge in [-0.05, 0) is 49.8 Å². The van der Waals surface area contributed by atoms with E-state index in [1.165, 1.54) is 12.0 Å². The normalized spacial score (nSPS) is 15.2. The molecule has 3 rings (SSSR count). The maximum atomic E-state index is 13.4. The van der Waals surface area contributed by atoms with Crippen LogP contribution in [0.3, 0.4) is 0 Å². The molecule has 0 heterocycles. The van der Waals surface area contributed by atoms with E-state index in [9.17, 15) is 9.59 Å². The Balaban J connectivity index is 1.75. The molecule has 1 aliphatic rings. The fourth-order valence-corrected chi connectivity index (χ4v) is 4.67. The average Bonchev–Trinajstić information content (AvgIpc) is 2.80. The summed E-state index contributed by atoms with van der Waals surface area (Å²) < 4.78 is 0. The predicted molar refractivity (Wildman–Crippen MR) is 131 cm³/mol. The summed E-state index contributed by atoms with van der Waals surface area (Å²) in [4.78, 5) is 28.4. The van der Waals surface area contributed by atoms with Crippen LogP contribution < -0.4 is 5.32 Å². The van der Waals surface area contributed by atoms with Gasteiger partial charge >= 0.3 is 0 Å². The van der Waals surface area contributed by atoms with Crippen molar-refractivity contribution in [3.63, 3.8) is 0 Å². The predicted octanol–water partition coefficient (Wildman–Crippen LogP) is 5.84. The number of hydrogen-bond donors (Lipinski definition) is 1. The van der Waals surface area contributed by atoms with Crippen LogP contribution in [0.5, 0.6) is 0 Å². The Labute approximate surface area is 197 Å². The topological polar surface area (TPSA) is 49.4 Å². The van der Waals surface area contributed by atoms with Crippen LogP contribution >= 0.6 is 11.6 Å². The molecule has 2 aromatic rings. The molecule has 1 atom stereocenters. The molecular weight excluding hydrogens is 420 g/mol. The van der Waals surface area contributed by atoms with Gasteiger partial charge in [0, 0.05) is 24.0 Å². The van der Waals surface area contributed by atoms with Crippen molar-refractivity contribution in [3.8, 4) is 0 Å². The van der Waals surface area contributed by atoms with Crippen molar-refractivity contribution in [2.24, 2.45) is 0 Å². The standard InChI is InChI=1S/C27H35ClN2O2/c1-3-25(27(32)29-23-10-5-4-6-11-23)30(19-21-15-13-20(2)14-16-21)26(31)18-17-22-9-7-8-12-24(22)28/h7-9,12-16,23,25H,3-6,10-11,17-19H2,1-2H3,(H,29,32)/t25-/m0/s1. The molecule has 1 saturated carbocycles. The zero-order valence-corrected chi connectivity index (χ0v) is 20.0. The number of nitrogens with one attached hydrogen (secondary N) is 1. The van der Waals surface area contributed by atoms with Gasteiger partial charge in [0.15, 0.2) is 0 Å². The highest BCUT2D eigenvalue weighted by Crippen LogP contribution is 2.21. The third-order valence-corrected chi connectivity index (χ3v) is 6.75. The fraction of sp³-hybridized carbons (Fsp3) is 0.481. The molecule has 32 heavy (non-hydrogen) atoms. The molecule has 2 aromatic carbocycles. The monoisotopic (exact) mass is 454 g/mol. The van der Waals surface area contributed by atoms with Gasteiger partial charge in [-0.15, -0.1) is 0 Å². The van der Waals surface area contributed by atoms with Crippen LogP contribution in [0, 0.1) is 6.92 Å². The minimum atomic E-state index is -0.475. The summed E-state index contributed by atoms with van der Waals surface area (Å²) >= 11 is 6.29. The lowest BCUT2D eigenvalue weighted by Crippen LogP contribution is -2.51. The minimum Gasteiger partial charge on any atom is -0.352 e. The van der Waals surface area contributed by atoms with Crippen LogP contribution in [0.25, 0.3) is 0 Å². The van der Waals surface area contributed by atoms with Crippen molar-refractivity contribution in [1.29, 1.82) is 0 Å². The van der Waals surface area contributed by atoms with Crippen molar-refractivity contribution < 1.29 is 9.59 Å². The molecule has 1 fully saturated rings. The second-order valence-corrected chi connectivity index (χ2v) is 9.27. The summed E-state index contributed by atoms with van der Waals surface area (Å²) in [5.41, 5.74) is 3.16. The average molecular weight is 455 g/mol. The van der Waals surface area contributed by atoms with Crippen LogP contribution in [-0.4, -0.2) is 28.8 Å². The first-order valence-corrected chi connectivity index (χ1v) is 12.2. The van der Waals surface area contributed by atoms with Crippen molar-refractivity contribution in [2.75, 3.05) is 0 Å². The zero-order chi connectivity index (χ0) is 22.9. The van der Waals surface area contributed by atoms with E-state index in [1.54, 1.807) is 4.90 Å². The van der Waals surface area contributed by atoms with Crippen LogP contribution in [0.15, 0.2) is 48.5 Å². The number of nitrogens with zero attached hydrogens (tertiary/aromatic N) is 1. The molecule has 5 heteroatoms. The number of halogens is 1. The molecule has 0 saturated heterocycles. The molecular formula is C27H35ClN2O2. The maximum absolute atomic E-state index is 13.4. The van der Waals surface area contributed by atoms with Gasteiger partial charge in [0.05, 0.1) is 0 Å². The number of aryl methyl sites for hydroxylation is 2. The second kappa shape index (κ2) is 12.1. The molecule has 1 aliphatic carbocycles. The number of benzene rings is 2. The van der Waals surface area contributed by atoms with Gasteiger partial charge in [-0.3, -0.25) is 9.59 Å². The van der Waals surface area contributed by atoms with Crippen LogP contribution in [0.1, 0.15) is 68.6 Å². The Kier molecular flexibility index (Phi) is 9.16. The van der Waals surface area contributed by atoms with E-state index >= 15 is 0 Å². The van der Waals surface area contributed by atoms with Gasteiger partial charge in [0.1, 0.15) is 6.04 Å². The van der Waals surface area contributed by atoms with Crippen molar-refractivity contribution in [2.45, 2.75) is 83.8 Å². The lowest BCUT2D eigenvalue weighted by atomic mass is 9.95. The van der Waals surface area contributed by atoms with Crippen LogP contribution in [0.4, 0.5) is 0 Å². The first-order chi connectivity index (χ1) is 15.5. The second-order valence-electron chi connectivity index (χ2n) is 8.87. The van der Waals surface area contributed by atoms with Gasteiger partial charge in [0.25, 0.3) is 0 Å². The van der Waals surface area contributed by atoms with Gasteiger partial charge in [-0.2, -0.15) is 0 Å². The summed E-state index contributed by atoms with van der Waals surface area (Å²) in [5, 5.41) is 3.90. The highest BCUT2D eigenvalue weighted by molar-refractivity contribution is 6.31. The van der Waals surface area contributed by atoms with E-state index in [0.29, 0.717) is 30.8 Å². The molecule has 0 unspecified atom stereocenters. The maximum Gasteiger partial charge on any atom is 0.243 e. The van der Waals surface area contributed by atoms with E-state index in [0.717, 1.165) is 36.8 Å². The van der Waals surface area contributed by atoms with Crippen molar-refractivity contribution in [1.82, 2.24) is 10.2 Å². The lowest BCUT2D eigenvalue weighted by molar-refractivity contribution is -0.141. The summed E-state index contributed by atoms with van der Waals surface area (Å²) in [5.74, 6) is -0.0475. The molecule has 0 spiro atoms. The number of rotatable bonds is 9. The van der Waals surface area contributed by atoms with Gasteiger partial charge in [-0.1, -0.05) is 85.8 Å². The number of carbonyl (C=O) groups is 2. The molecule has 1 N–H and O–H groups in total. The van der Waals surface area contributed by atoms with E-state index in [2.05, 4.69) is 5.32 Å². The number of amides is 2. The number of hydrogen-bond acceptors (Lipinski definition) is 2. The highest BCUT2D eigenvalue weighted by Gasteiger charge is 2.30. The SMILES string of the molecule is CC[C@@H](C(=O)NC1CCCCC1)N(Cc1ccc(C)cc1)C(=O)CCc1ccccc1Cl. The Morgan fingerprint density at radius 2 is 1.75 bits per heavy atom. The van der Waals surface area contributed by atoms with Gasteiger partial charge in [-0.25, -0.2) is 0 Å². The van der Waals surface area contributed by atoms with Gasteiger partial charge in [0.2, 0.25) is 11.8 Å². The quantitative estimate of drug-likeness (QED) is 0.517. The Morgan fingerprint density at radius 3 is 2.41 bits per heavy atom. The van der Waals surface area contributed by atoms with Crippen molar-refractivity contribution >= 4 is 23.4 Å². The first kappa shape index (κ1) is 24.3.